The predicted molar refractivity (Wildman–Crippen MR) is 77.1 cm³/mol. The van der Waals surface area contributed by atoms with Crippen molar-refractivity contribution in [3.05, 3.63) is 47.4 Å². The first-order chi connectivity index (χ1) is 10.1. The smallest absolute Gasteiger partial charge is 0.243 e. The van der Waals surface area contributed by atoms with Crippen molar-refractivity contribution in [3.63, 3.8) is 0 Å². The van der Waals surface area contributed by atoms with Crippen molar-refractivity contribution in [1.29, 1.82) is 0 Å². The van der Waals surface area contributed by atoms with Gasteiger partial charge in [-0.1, -0.05) is 23.7 Å². The van der Waals surface area contributed by atoms with Gasteiger partial charge in [0.1, 0.15) is 5.82 Å². The van der Waals surface area contributed by atoms with Gasteiger partial charge in [-0.05, 0) is 50.3 Å². The molecule has 1 aromatic carbocycles. The zero-order valence-electron chi connectivity index (χ0n) is 12.3. The van der Waals surface area contributed by atoms with E-state index in [1.165, 1.54) is 31.4 Å². The van der Waals surface area contributed by atoms with Crippen LogP contribution in [0.2, 0.25) is 0 Å². The maximum Gasteiger partial charge on any atom is 0.243 e. The van der Waals surface area contributed by atoms with Crippen molar-refractivity contribution in [2.24, 2.45) is 5.92 Å². The Morgan fingerprint density at radius 3 is 2.52 bits per heavy atom. The van der Waals surface area contributed by atoms with Gasteiger partial charge in [0, 0.05) is 6.04 Å². The van der Waals surface area contributed by atoms with Gasteiger partial charge in [0.25, 0.3) is 0 Å². The van der Waals surface area contributed by atoms with Crippen LogP contribution >= 0.6 is 0 Å². The van der Waals surface area contributed by atoms with E-state index in [1.54, 1.807) is 0 Å². The van der Waals surface area contributed by atoms with Gasteiger partial charge in [-0.3, -0.25) is 5.32 Å². The van der Waals surface area contributed by atoms with Gasteiger partial charge in [-0.15, -0.1) is 0 Å². The van der Waals surface area contributed by atoms with Crippen LogP contribution in [-0.4, -0.2) is 10.1 Å². The van der Waals surface area contributed by atoms with Gasteiger partial charge in [-0.25, -0.2) is 4.39 Å². The number of aromatic nitrogens is 2. The van der Waals surface area contributed by atoms with E-state index in [0.717, 1.165) is 5.56 Å². The topological polar surface area (TPSA) is 51.0 Å². The van der Waals surface area contributed by atoms with Crippen LogP contribution in [0.1, 0.15) is 55.5 Å². The summed E-state index contributed by atoms with van der Waals surface area (Å²) in [5.74, 6) is 1.62. The predicted octanol–water partition coefficient (Wildman–Crippen LogP) is 3.71. The zero-order valence-corrected chi connectivity index (χ0v) is 12.3. The van der Waals surface area contributed by atoms with Crippen molar-refractivity contribution in [2.45, 2.75) is 45.2 Å². The molecule has 5 heteroatoms. The molecular formula is C16H20FN3O. The molecule has 0 spiro atoms. The number of rotatable bonds is 5. The molecule has 21 heavy (non-hydrogen) atoms. The lowest BCUT2D eigenvalue weighted by atomic mass is 9.77. The Balaban J connectivity index is 1.77. The molecule has 1 aromatic heterocycles. The van der Waals surface area contributed by atoms with Crippen LogP contribution in [0.3, 0.4) is 0 Å². The van der Waals surface area contributed by atoms with Crippen molar-refractivity contribution in [2.75, 3.05) is 0 Å². The average Bonchev–Trinajstić information content (AvgIpc) is 2.83. The van der Waals surface area contributed by atoms with E-state index in [-0.39, 0.29) is 17.9 Å². The molecule has 0 amide bonds. The highest BCUT2D eigenvalue weighted by Gasteiger charge is 2.30. The molecule has 1 aliphatic rings. The van der Waals surface area contributed by atoms with Crippen LogP contribution in [-0.2, 0) is 0 Å². The Kier molecular flexibility index (Phi) is 4.01. The lowest BCUT2D eigenvalue weighted by Gasteiger charge is -2.36. The second-order valence-electron chi connectivity index (χ2n) is 5.79. The van der Waals surface area contributed by atoms with Crippen molar-refractivity contribution in [3.8, 4) is 0 Å². The zero-order chi connectivity index (χ0) is 14.8. The molecule has 1 saturated carbocycles. The number of benzene rings is 1. The minimum Gasteiger partial charge on any atom is -0.338 e. The van der Waals surface area contributed by atoms with Crippen molar-refractivity contribution in [1.82, 2.24) is 15.5 Å². The van der Waals surface area contributed by atoms with Gasteiger partial charge in [0.05, 0.1) is 6.04 Å². The molecule has 0 bridgehead atoms. The fourth-order valence-electron chi connectivity index (χ4n) is 2.78. The number of hydrogen-bond donors (Lipinski definition) is 1. The summed E-state index contributed by atoms with van der Waals surface area (Å²) < 4.78 is 18.4. The van der Waals surface area contributed by atoms with E-state index in [4.69, 9.17) is 4.52 Å². The molecule has 0 saturated heterocycles. The van der Waals surface area contributed by atoms with Crippen LogP contribution in [0.4, 0.5) is 4.39 Å². The molecule has 0 radical (unpaired) electrons. The highest BCUT2D eigenvalue weighted by molar-refractivity contribution is 5.21. The summed E-state index contributed by atoms with van der Waals surface area (Å²) >= 11 is 0. The van der Waals surface area contributed by atoms with Gasteiger partial charge in [-0.2, -0.15) is 4.98 Å². The first kappa shape index (κ1) is 14.2. The molecule has 1 N–H and O–H groups in total. The summed E-state index contributed by atoms with van der Waals surface area (Å²) in [6, 6.07) is 6.92. The lowest BCUT2D eigenvalue weighted by Crippen LogP contribution is -2.34. The summed E-state index contributed by atoms with van der Waals surface area (Å²) in [6.07, 6.45) is 3.66. The highest BCUT2D eigenvalue weighted by Crippen LogP contribution is 2.38. The normalized spacial score (nSPS) is 18.2. The number of nitrogens with one attached hydrogen (secondary N) is 1. The summed E-state index contributed by atoms with van der Waals surface area (Å²) in [4.78, 5) is 4.27. The number of aryl methyl sites for hydroxylation is 1. The third-order valence-electron chi connectivity index (χ3n) is 4.19. The number of nitrogens with zero attached hydrogens (tertiary/aromatic N) is 2. The van der Waals surface area contributed by atoms with E-state index in [2.05, 4.69) is 15.5 Å². The van der Waals surface area contributed by atoms with Crippen LogP contribution in [0.15, 0.2) is 28.8 Å². The fraction of sp³-hybridized carbons (Fsp3) is 0.500. The van der Waals surface area contributed by atoms with E-state index < -0.39 is 0 Å². The van der Waals surface area contributed by atoms with Gasteiger partial charge in [0.15, 0.2) is 5.82 Å². The Hall–Kier alpha value is -1.75. The first-order valence-electron chi connectivity index (χ1n) is 7.45. The number of halogens is 1. The standard InChI is InChI=1S/C16H20FN3O/c1-10(16-19-11(2)20-21-16)18-15(12-4-3-5-12)13-6-8-14(17)9-7-13/h6-10,12,15,18H,3-5H2,1-2H3. The van der Waals surface area contributed by atoms with E-state index in [1.807, 2.05) is 26.0 Å². The monoisotopic (exact) mass is 289 g/mol. The van der Waals surface area contributed by atoms with Crippen molar-refractivity contribution >= 4 is 0 Å². The van der Waals surface area contributed by atoms with Crippen LogP contribution in [0.5, 0.6) is 0 Å². The molecule has 1 heterocycles. The molecule has 112 valence electrons. The molecule has 3 rings (SSSR count). The van der Waals surface area contributed by atoms with E-state index in [0.29, 0.717) is 17.6 Å². The molecular weight excluding hydrogens is 269 g/mol. The SMILES string of the molecule is Cc1noc(C(C)NC(c2ccc(F)cc2)C2CCC2)n1. The van der Waals surface area contributed by atoms with Crippen LogP contribution in [0, 0.1) is 18.7 Å². The second-order valence-corrected chi connectivity index (χ2v) is 5.79. The van der Waals surface area contributed by atoms with Gasteiger partial charge >= 0.3 is 0 Å². The fourth-order valence-corrected chi connectivity index (χ4v) is 2.78. The van der Waals surface area contributed by atoms with Gasteiger partial charge in [0.2, 0.25) is 5.89 Å². The largest absolute Gasteiger partial charge is 0.338 e. The lowest BCUT2D eigenvalue weighted by molar-refractivity contribution is 0.207. The third kappa shape index (κ3) is 3.13. The Bertz CT molecular complexity index is 592. The maximum atomic E-state index is 13.1. The summed E-state index contributed by atoms with van der Waals surface area (Å²) in [6.45, 7) is 3.82. The van der Waals surface area contributed by atoms with E-state index in [9.17, 15) is 4.39 Å². The summed E-state index contributed by atoms with van der Waals surface area (Å²) in [5, 5.41) is 7.40. The van der Waals surface area contributed by atoms with E-state index >= 15 is 0 Å². The quantitative estimate of drug-likeness (QED) is 0.911. The number of hydrogen-bond acceptors (Lipinski definition) is 4. The third-order valence-corrected chi connectivity index (χ3v) is 4.19. The van der Waals surface area contributed by atoms with Crippen LogP contribution in [0.25, 0.3) is 0 Å². The summed E-state index contributed by atoms with van der Waals surface area (Å²) in [7, 11) is 0. The second kappa shape index (κ2) is 5.93. The Labute approximate surface area is 123 Å². The average molecular weight is 289 g/mol. The summed E-state index contributed by atoms with van der Waals surface area (Å²) in [5.41, 5.74) is 1.11. The highest BCUT2D eigenvalue weighted by atomic mass is 19.1. The van der Waals surface area contributed by atoms with Crippen molar-refractivity contribution < 1.29 is 8.91 Å². The maximum absolute atomic E-state index is 13.1. The molecule has 2 unspecified atom stereocenters. The molecule has 4 nitrogen and oxygen atoms in total. The molecule has 2 atom stereocenters. The van der Waals surface area contributed by atoms with Gasteiger partial charge < -0.3 is 4.52 Å². The minimum absolute atomic E-state index is 0.0261. The minimum atomic E-state index is -0.202. The molecule has 0 aliphatic heterocycles. The van der Waals surface area contributed by atoms with Crippen LogP contribution < -0.4 is 5.32 Å². The molecule has 1 aliphatic carbocycles. The Morgan fingerprint density at radius 1 is 1.29 bits per heavy atom. The molecule has 2 aromatic rings. The Morgan fingerprint density at radius 2 is 2.00 bits per heavy atom. The first-order valence-corrected chi connectivity index (χ1v) is 7.45. The molecule has 1 fully saturated rings.